The number of pyridine rings is 1. The van der Waals surface area contributed by atoms with Crippen LogP contribution in [0.1, 0.15) is 36.0 Å². The number of hydrogen-bond donors (Lipinski definition) is 0. The molecule has 0 amide bonds. The van der Waals surface area contributed by atoms with Gasteiger partial charge in [-0.3, -0.25) is 4.79 Å². The maximum atomic E-state index is 12.7. The Morgan fingerprint density at radius 3 is 2.50 bits per heavy atom. The maximum Gasteiger partial charge on any atom is 0.244 e. The number of carbonyl (C=O) groups excluding carboxylic acids is 1. The van der Waals surface area contributed by atoms with E-state index in [4.69, 9.17) is 9.47 Å². The van der Waals surface area contributed by atoms with Crippen LogP contribution in [0.25, 0.3) is 0 Å². The van der Waals surface area contributed by atoms with Crippen LogP contribution < -0.4 is 9.47 Å². The van der Waals surface area contributed by atoms with E-state index in [9.17, 15) is 13.2 Å². The van der Waals surface area contributed by atoms with Gasteiger partial charge in [0.25, 0.3) is 0 Å². The van der Waals surface area contributed by atoms with Gasteiger partial charge in [-0.05, 0) is 43.2 Å². The van der Waals surface area contributed by atoms with Crippen molar-refractivity contribution in [1.29, 1.82) is 0 Å². The number of Topliss-reactive ketones (excluding diaryl/α,β-unsaturated/α-hetero) is 1. The summed E-state index contributed by atoms with van der Waals surface area (Å²) in [5, 5.41) is 0.607. The van der Waals surface area contributed by atoms with E-state index < -0.39 is 10.0 Å². The maximum absolute atomic E-state index is 12.7. The van der Waals surface area contributed by atoms with E-state index in [-0.39, 0.29) is 16.4 Å². The van der Waals surface area contributed by atoms with Crippen LogP contribution in [0.3, 0.4) is 0 Å². The molecule has 1 saturated heterocycles. The molecule has 1 fully saturated rings. The summed E-state index contributed by atoms with van der Waals surface area (Å²) in [4.78, 5) is 17.0. The molecule has 0 bridgehead atoms. The Kier molecular flexibility index (Phi) is 6.60. The predicted octanol–water partition coefficient (Wildman–Crippen LogP) is 3.39. The van der Waals surface area contributed by atoms with Crippen molar-refractivity contribution < 1.29 is 22.7 Å². The van der Waals surface area contributed by atoms with Crippen LogP contribution in [0.5, 0.6) is 11.5 Å². The summed E-state index contributed by atoms with van der Waals surface area (Å²) in [6.45, 7) is 2.28. The van der Waals surface area contributed by atoms with E-state index >= 15 is 0 Å². The number of aromatic nitrogens is 1. The molecule has 7 nitrogen and oxygen atoms in total. The number of thioether (sulfide) groups is 1. The zero-order chi connectivity index (χ0) is 21.0. The molecule has 0 unspecified atom stereocenters. The zero-order valence-corrected chi connectivity index (χ0v) is 18.2. The minimum absolute atomic E-state index is 0.0533. The van der Waals surface area contributed by atoms with Gasteiger partial charge in [-0.1, -0.05) is 18.2 Å². The Balaban J connectivity index is 1.38. The molecule has 0 atom stereocenters. The second kappa shape index (κ2) is 9.36. The minimum Gasteiger partial charge on any atom is -0.490 e. The van der Waals surface area contributed by atoms with Crippen LogP contribution in [0, 0.1) is 0 Å². The van der Waals surface area contributed by atoms with Crippen molar-refractivity contribution >= 4 is 27.6 Å². The van der Waals surface area contributed by atoms with Gasteiger partial charge < -0.3 is 9.47 Å². The lowest BCUT2D eigenvalue weighted by molar-refractivity contribution is 0.102. The smallest absolute Gasteiger partial charge is 0.244 e. The van der Waals surface area contributed by atoms with Crippen molar-refractivity contribution in [2.75, 3.05) is 32.1 Å². The van der Waals surface area contributed by atoms with Crippen molar-refractivity contribution in [3.05, 3.63) is 42.1 Å². The number of nitrogens with zero attached hydrogens (tertiary/aromatic N) is 2. The number of ether oxygens (including phenoxy) is 2. The summed E-state index contributed by atoms with van der Waals surface area (Å²) >= 11 is 1.28. The molecule has 2 aliphatic heterocycles. The number of rotatable bonds is 6. The number of ketones is 1. The lowest BCUT2D eigenvalue weighted by atomic mass is 10.1. The highest BCUT2D eigenvalue weighted by atomic mass is 32.2. The van der Waals surface area contributed by atoms with Gasteiger partial charge in [0.2, 0.25) is 10.0 Å². The summed E-state index contributed by atoms with van der Waals surface area (Å²) in [5.74, 6) is 1.39. The Bertz CT molecular complexity index is 1000. The second-order valence-corrected chi connectivity index (χ2v) is 10.2. The number of benzene rings is 1. The number of carbonyl (C=O) groups is 1. The van der Waals surface area contributed by atoms with Gasteiger partial charge >= 0.3 is 0 Å². The van der Waals surface area contributed by atoms with Gasteiger partial charge in [0.15, 0.2) is 17.3 Å². The van der Waals surface area contributed by atoms with E-state index in [0.29, 0.717) is 48.4 Å². The van der Waals surface area contributed by atoms with Gasteiger partial charge in [-0.2, -0.15) is 4.31 Å². The second-order valence-electron chi connectivity index (χ2n) is 7.22. The number of sulfonamides is 1. The molecular weight excluding hydrogens is 424 g/mol. The number of fused-ring (bicyclic) bond motifs is 1. The van der Waals surface area contributed by atoms with E-state index in [2.05, 4.69) is 4.98 Å². The lowest BCUT2D eigenvalue weighted by Gasteiger charge is -2.25. The summed E-state index contributed by atoms with van der Waals surface area (Å²) < 4.78 is 38.1. The van der Waals surface area contributed by atoms with E-state index in [1.807, 2.05) is 0 Å². The van der Waals surface area contributed by atoms with Gasteiger partial charge in [0.1, 0.15) is 4.90 Å². The van der Waals surface area contributed by atoms with Crippen LogP contribution in [-0.2, 0) is 10.0 Å². The highest BCUT2D eigenvalue weighted by molar-refractivity contribution is 7.99. The van der Waals surface area contributed by atoms with Crippen LogP contribution in [-0.4, -0.2) is 55.5 Å². The molecular formula is C21H24N2O5S2. The average molecular weight is 449 g/mol. The van der Waals surface area contributed by atoms with Gasteiger partial charge in [0.05, 0.1) is 24.0 Å². The SMILES string of the molecule is O=C(CSc1ccc(S(=O)(=O)N2CCCCC2)cn1)c1ccc2c(c1)OCCCO2. The zero-order valence-electron chi connectivity index (χ0n) is 16.6. The Labute approximate surface area is 180 Å². The quantitative estimate of drug-likeness (QED) is 0.495. The van der Waals surface area contributed by atoms with Crippen molar-refractivity contribution in [1.82, 2.24) is 9.29 Å². The molecule has 2 aliphatic rings. The van der Waals surface area contributed by atoms with Gasteiger partial charge in [-0.15, -0.1) is 0 Å². The Morgan fingerprint density at radius 2 is 1.77 bits per heavy atom. The number of piperidine rings is 1. The summed E-state index contributed by atoms with van der Waals surface area (Å²) in [7, 11) is -3.50. The monoisotopic (exact) mass is 448 g/mol. The van der Waals surface area contributed by atoms with E-state index in [1.54, 1.807) is 30.3 Å². The van der Waals surface area contributed by atoms with Gasteiger partial charge in [0, 0.05) is 31.3 Å². The third kappa shape index (κ3) is 4.79. The molecule has 3 heterocycles. The number of hydrogen-bond acceptors (Lipinski definition) is 7. The van der Waals surface area contributed by atoms with Crippen LogP contribution in [0.15, 0.2) is 46.5 Å². The first-order valence-electron chi connectivity index (χ1n) is 10.1. The first-order chi connectivity index (χ1) is 14.5. The van der Waals surface area contributed by atoms with Crippen molar-refractivity contribution in [3.8, 4) is 11.5 Å². The van der Waals surface area contributed by atoms with E-state index in [1.165, 1.54) is 22.3 Å². The molecule has 0 aliphatic carbocycles. The van der Waals surface area contributed by atoms with E-state index in [0.717, 1.165) is 25.7 Å². The molecule has 0 spiro atoms. The minimum atomic E-state index is -3.50. The third-order valence-corrected chi connectivity index (χ3v) is 7.91. The molecule has 2 aromatic rings. The molecule has 9 heteroatoms. The highest BCUT2D eigenvalue weighted by Gasteiger charge is 2.26. The fourth-order valence-corrected chi connectivity index (χ4v) is 5.62. The third-order valence-electron chi connectivity index (χ3n) is 5.08. The van der Waals surface area contributed by atoms with Crippen LogP contribution in [0.4, 0.5) is 0 Å². The van der Waals surface area contributed by atoms with Crippen molar-refractivity contribution in [2.45, 2.75) is 35.6 Å². The molecule has 1 aromatic carbocycles. The molecule has 0 N–H and O–H groups in total. The predicted molar refractivity (Wildman–Crippen MR) is 114 cm³/mol. The van der Waals surface area contributed by atoms with Crippen LogP contribution >= 0.6 is 11.8 Å². The first kappa shape index (κ1) is 21.1. The fraction of sp³-hybridized carbons (Fsp3) is 0.429. The largest absolute Gasteiger partial charge is 0.490 e. The topological polar surface area (TPSA) is 85.8 Å². The Hall–Kier alpha value is -2.10. The summed E-state index contributed by atoms with van der Waals surface area (Å²) in [6.07, 6.45) is 5.04. The van der Waals surface area contributed by atoms with Crippen molar-refractivity contribution in [2.24, 2.45) is 0 Å². The normalized spacial score (nSPS) is 17.3. The molecule has 0 saturated carbocycles. The fourth-order valence-electron chi connectivity index (χ4n) is 3.42. The highest BCUT2D eigenvalue weighted by Crippen LogP contribution is 2.31. The Morgan fingerprint density at radius 1 is 1.00 bits per heavy atom. The standard InChI is InChI=1S/C21H24N2O5S2/c24-18(16-5-7-19-20(13-16)28-12-4-11-27-19)15-29-21-8-6-17(14-22-21)30(25,26)23-9-2-1-3-10-23/h5-8,13-14H,1-4,9-12,15H2. The molecule has 160 valence electrons. The first-order valence-corrected chi connectivity index (χ1v) is 12.5. The molecule has 1 aromatic heterocycles. The summed E-state index contributed by atoms with van der Waals surface area (Å²) in [5.41, 5.74) is 0.552. The van der Waals surface area contributed by atoms with Crippen molar-refractivity contribution in [3.63, 3.8) is 0 Å². The average Bonchev–Trinajstić information content (AvgIpc) is 3.03. The molecule has 0 radical (unpaired) electrons. The lowest BCUT2D eigenvalue weighted by Crippen LogP contribution is -2.35. The van der Waals surface area contributed by atoms with Crippen LogP contribution in [0.2, 0.25) is 0 Å². The molecule has 30 heavy (non-hydrogen) atoms. The van der Waals surface area contributed by atoms with Gasteiger partial charge in [-0.25, -0.2) is 13.4 Å². The molecule has 4 rings (SSSR count). The summed E-state index contributed by atoms with van der Waals surface area (Å²) in [6, 6.07) is 8.43.